The van der Waals surface area contributed by atoms with Gasteiger partial charge in [0.05, 0.1) is 29.8 Å². The van der Waals surface area contributed by atoms with Crippen molar-refractivity contribution in [3.8, 4) is 16.9 Å². The maximum Gasteiger partial charge on any atom is 0.416 e. The smallest absolute Gasteiger partial charge is 0.416 e. The molecule has 1 saturated heterocycles. The van der Waals surface area contributed by atoms with Gasteiger partial charge in [-0.1, -0.05) is 22.0 Å². The zero-order valence-electron chi connectivity index (χ0n) is 21.0. The van der Waals surface area contributed by atoms with Gasteiger partial charge in [-0.2, -0.15) is 39.5 Å². The lowest BCUT2D eigenvalue weighted by Crippen LogP contribution is -2.31. The molecule has 1 heterocycles. The third kappa shape index (κ3) is 6.41. The minimum atomic E-state index is -5.11. The molecule has 0 radical (unpaired) electrons. The Morgan fingerprint density at radius 1 is 0.805 bits per heavy atom. The van der Waals surface area contributed by atoms with Crippen molar-refractivity contribution in [1.82, 2.24) is 4.90 Å². The maximum absolute atomic E-state index is 13.7. The molecule has 0 unspecified atom stereocenters. The van der Waals surface area contributed by atoms with Crippen LogP contribution in [0.4, 0.5) is 44.3 Å². The van der Waals surface area contributed by atoms with Crippen LogP contribution in [0.5, 0.6) is 5.75 Å². The molecule has 2 atom stereocenters. The van der Waals surface area contributed by atoms with Gasteiger partial charge in [0.15, 0.2) is 0 Å². The van der Waals surface area contributed by atoms with Gasteiger partial charge in [-0.25, -0.2) is 4.79 Å². The molecule has 0 aliphatic carbocycles. The number of benzene rings is 3. The van der Waals surface area contributed by atoms with E-state index in [0.29, 0.717) is 22.2 Å². The van der Waals surface area contributed by atoms with Crippen molar-refractivity contribution in [1.29, 1.82) is 0 Å². The topological polar surface area (TPSA) is 38.8 Å². The van der Waals surface area contributed by atoms with Crippen molar-refractivity contribution in [3.05, 3.63) is 86.9 Å². The molecule has 14 heteroatoms. The van der Waals surface area contributed by atoms with Crippen LogP contribution in [0.1, 0.15) is 40.8 Å². The first-order chi connectivity index (χ1) is 18.9. The largest absolute Gasteiger partial charge is 0.496 e. The molecule has 4 nitrogen and oxygen atoms in total. The van der Waals surface area contributed by atoms with Crippen molar-refractivity contribution in [3.63, 3.8) is 0 Å². The Morgan fingerprint density at radius 2 is 1.39 bits per heavy atom. The Balaban J connectivity index is 1.79. The zero-order valence-corrected chi connectivity index (χ0v) is 22.6. The Labute approximate surface area is 235 Å². The number of hydrogen-bond acceptors (Lipinski definition) is 3. The number of amides is 1. The minimum Gasteiger partial charge on any atom is -0.496 e. The predicted molar refractivity (Wildman–Crippen MR) is 132 cm³/mol. The third-order valence-corrected chi connectivity index (χ3v) is 7.02. The van der Waals surface area contributed by atoms with Crippen molar-refractivity contribution >= 4 is 22.0 Å². The molecular formula is C27H19BrF9NO3. The summed E-state index contributed by atoms with van der Waals surface area (Å²) in [7, 11) is 1.35. The number of rotatable bonds is 5. The van der Waals surface area contributed by atoms with Gasteiger partial charge in [-0.05, 0) is 66.6 Å². The lowest BCUT2D eigenvalue weighted by atomic mass is 9.91. The quantitative estimate of drug-likeness (QED) is 0.257. The molecule has 1 amide bonds. The van der Waals surface area contributed by atoms with Crippen LogP contribution in [0, 0.1) is 0 Å². The van der Waals surface area contributed by atoms with E-state index in [2.05, 4.69) is 15.9 Å². The van der Waals surface area contributed by atoms with Crippen molar-refractivity contribution in [2.45, 2.75) is 44.1 Å². The van der Waals surface area contributed by atoms with Crippen LogP contribution in [0.15, 0.2) is 59.1 Å². The van der Waals surface area contributed by atoms with Gasteiger partial charge < -0.3 is 9.47 Å². The fourth-order valence-corrected chi connectivity index (χ4v) is 4.92. The van der Waals surface area contributed by atoms with Gasteiger partial charge in [0.1, 0.15) is 11.9 Å². The standard InChI is InChI=1S/C27H19BrF9NO3/c1-13-23(21-10-15(25(29,30)31)3-5-19(21)20-11-18(28)4-6-22(20)40-2)41-24(39)38(13)12-14-7-16(26(32,33)34)9-17(8-14)27(35,36)37/h3-11,13,23H,12H2,1-2H3/t13-,23+/m1/s1. The molecule has 220 valence electrons. The minimum absolute atomic E-state index is 0.0433. The van der Waals surface area contributed by atoms with E-state index in [1.54, 1.807) is 18.2 Å². The summed E-state index contributed by atoms with van der Waals surface area (Å²) < 4.78 is 132. The summed E-state index contributed by atoms with van der Waals surface area (Å²) in [6.45, 7) is 0.647. The summed E-state index contributed by atoms with van der Waals surface area (Å²) in [6, 6.07) is 7.39. The molecule has 1 fully saturated rings. The first-order valence-electron chi connectivity index (χ1n) is 11.7. The highest BCUT2D eigenvalue weighted by molar-refractivity contribution is 9.10. The zero-order chi connectivity index (χ0) is 30.5. The van der Waals surface area contributed by atoms with E-state index < -0.39 is 65.6 Å². The highest BCUT2D eigenvalue weighted by atomic mass is 79.9. The molecule has 0 N–H and O–H groups in total. The SMILES string of the molecule is COc1ccc(Br)cc1-c1ccc(C(F)(F)F)cc1[C@H]1OC(=O)N(Cc2cc(C(F)(F)F)cc(C(F)(F)F)c2)[C@@H]1C. The highest BCUT2D eigenvalue weighted by Gasteiger charge is 2.43. The van der Waals surface area contributed by atoms with Crippen molar-refractivity contribution in [2.24, 2.45) is 0 Å². The number of hydrogen-bond donors (Lipinski definition) is 0. The molecule has 0 bridgehead atoms. The number of carbonyl (C=O) groups is 1. The first-order valence-corrected chi connectivity index (χ1v) is 12.5. The molecule has 1 aliphatic heterocycles. The van der Waals surface area contributed by atoms with Crippen LogP contribution >= 0.6 is 15.9 Å². The summed E-state index contributed by atoms with van der Waals surface area (Å²) >= 11 is 3.30. The fraction of sp³-hybridized carbons (Fsp3) is 0.296. The molecule has 0 spiro atoms. The summed E-state index contributed by atoms with van der Waals surface area (Å²) in [4.78, 5) is 13.7. The van der Waals surface area contributed by atoms with Crippen LogP contribution in [-0.2, 0) is 29.8 Å². The fourth-order valence-electron chi connectivity index (χ4n) is 4.55. The number of alkyl halides is 9. The van der Waals surface area contributed by atoms with Crippen molar-refractivity contribution < 1.29 is 53.8 Å². The van der Waals surface area contributed by atoms with Gasteiger partial charge >= 0.3 is 24.6 Å². The average molecular weight is 656 g/mol. The van der Waals surface area contributed by atoms with E-state index in [4.69, 9.17) is 9.47 Å². The summed E-state index contributed by atoms with van der Waals surface area (Å²) in [5, 5.41) is 0. The van der Waals surface area contributed by atoms with Gasteiger partial charge in [-0.15, -0.1) is 0 Å². The van der Waals surface area contributed by atoms with E-state index in [0.717, 1.165) is 17.0 Å². The highest BCUT2D eigenvalue weighted by Crippen LogP contribution is 2.45. The van der Waals surface area contributed by atoms with Crippen LogP contribution in [0.25, 0.3) is 11.1 Å². The maximum atomic E-state index is 13.7. The number of carbonyl (C=O) groups excluding carboxylic acids is 1. The van der Waals surface area contributed by atoms with E-state index >= 15 is 0 Å². The van der Waals surface area contributed by atoms with Crippen LogP contribution in [0.3, 0.4) is 0 Å². The van der Waals surface area contributed by atoms with Gasteiger partial charge in [0.2, 0.25) is 0 Å². The summed E-state index contributed by atoms with van der Waals surface area (Å²) in [5.74, 6) is 0.284. The van der Waals surface area contributed by atoms with Gasteiger partial charge in [0, 0.05) is 22.1 Å². The van der Waals surface area contributed by atoms with E-state index in [9.17, 15) is 44.3 Å². The monoisotopic (exact) mass is 655 g/mol. The summed E-state index contributed by atoms with van der Waals surface area (Å²) in [5.41, 5.74) is -4.21. The Morgan fingerprint density at radius 3 is 1.93 bits per heavy atom. The second kappa shape index (κ2) is 10.8. The second-order valence-electron chi connectivity index (χ2n) is 9.23. The molecule has 41 heavy (non-hydrogen) atoms. The van der Waals surface area contributed by atoms with Crippen LogP contribution in [0.2, 0.25) is 0 Å². The molecule has 4 rings (SSSR count). The van der Waals surface area contributed by atoms with Gasteiger partial charge in [0.25, 0.3) is 0 Å². The molecular weight excluding hydrogens is 637 g/mol. The van der Waals surface area contributed by atoms with E-state index in [-0.39, 0.29) is 22.9 Å². The Kier molecular flexibility index (Phi) is 8.02. The average Bonchev–Trinajstić information content (AvgIpc) is 3.14. The second-order valence-corrected chi connectivity index (χ2v) is 10.1. The first kappa shape index (κ1) is 30.5. The number of methoxy groups -OCH3 is 1. The number of ether oxygens (including phenoxy) is 2. The third-order valence-electron chi connectivity index (χ3n) is 6.53. The molecule has 0 aromatic heterocycles. The van der Waals surface area contributed by atoms with Crippen LogP contribution < -0.4 is 4.74 Å². The Hall–Kier alpha value is -3.42. The number of nitrogens with zero attached hydrogens (tertiary/aromatic N) is 1. The van der Waals surface area contributed by atoms with Crippen LogP contribution in [-0.4, -0.2) is 24.1 Å². The van der Waals surface area contributed by atoms with E-state index in [1.807, 2.05) is 0 Å². The summed E-state index contributed by atoms with van der Waals surface area (Å²) in [6.07, 6.45) is -17.5. The molecule has 1 aliphatic rings. The lowest BCUT2D eigenvalue weighted by Gasteiger charge is -2.24. The molecule has 0 saturated carbocycles. The molecule has 3 aromatic carbocycles. The number of halogens is 10. The lowest BCUT2D eigenvalue weighted by molar-refractivity contribution is -0.143. The van der Waals surface area contributed by atoms with E-state index in [1.165, 1.54) is 20.1 Å². The molecule has 3 aromatic rings. The normalized spacial score (nSPS) is 18.0. The van der Waals surface area contributed by atoms with Gasteiger partial charge in [-0.3, -0.25) is 4.90 Å². The number of cyclic esters (lactones) is 1. The predicted octanol–water partition coefficient (Wildman–Crippen LogP) is 9.26. The van der Waals surface area contributed by atoms with Crippen molar-refractivity contribution in [2.75, 3.05) is 7.11 Å². The Bertz CT molecular complexity index is 1440.